The monoisotopic (exact) mass is 237 g/mol. The molecule has 0 bridgehead atoms. The fraction of sp³-hybridized carbons (Fsp3) is 0.111. The van der Waals surface area contributed by atoms with Crippen LogP contribution in [-0.4, -0.2) is 22.2 Å². The number of H-pyrrole nitrogens is 1. The second-order valence-electron chi connectivity index (χ2n) is 3.08. The molecule has 0 amide bonds. The van der Waals surface area contributed by atoms with E-state index in [4.69, 9.17) is 4.74 Å². The summed E-state index contributed by atoms with van der Waals surface area (Å²) >= 11 is 0. The van der Waals surface area contributed by atoms with Gasteiger partial charge in [0.1, 0.15) is 11.3 Å². The quantitative estimate of drug-likeness (QED) is 0.628. The molecule has 0 saturated carbocycles. The highest BCUT2D eigenvalue weighted by molar-refractivity contribution is 5.69. The molecule has 1 heterocycles. The SMILES string of the molecule is COc1ccc([N+](=O)[O-])c(-c2noc(=O)[nH]2)c1. The number of nitrogens with one attached hydrogen (secondary N) is 1. The van der Waals surface area contributed by atoms with Crippen LogP contribution in [0.2, 0.25) is 0 Å². The molecule has 8 heteroatoms. The number of hydrogen-bond donors (Lipinski definition) is 1. The van der Waals surface area contributed by atoms with Gasteiger partial charge in [0.05, 0.1) is 12.0 Å². The van der Waals surface area contributed by atoms with E-state index < -0.39 is 10.7 Å². The zero-order chi connectivity index (χ0) is 12.4. The fourth-order valence-electron chi connectivity index (χ4n) is 1.34. The molecule has 0 unspecified atom stereocenters. The van der Waals surface area contributed by atoms with Gasteiger partial charge in [-0.2, -0.15) is 0 Å². The standard InChI is InChI=1S/C9H7N3O5/c1-16-5-2-3-7(12(14)15)6(4-5)8-10-9(13)17-11-8/h2-4H,1H3,(H,10,11,13). The maximum atomic E-state index is 10.8. The number of nitro benzene ring substituents is 1. The van der Waals surface area contributed by atoms with Crippen molar-refractivity contribution in [1.29, 1.82) is 0 Å². The molecule has 0 atom stereocenters. The zero-order valence-corrected chi connectivity index (χ0v) is 8.67. The minimum atomic E-state index is -0.780. The predicted molar refractivity (Wildman–Crippen MR) is 55.8 cm³/mol. The van der Waals surface area contributed by atoms with Gasteiger partial charge < -0.3 is 4.74 Å². The first-order valence-electron chi connectivity index (χ1n) is 4.50. The number of ether oxygens (including phenoxy) is 1. The maximum absolute atomic E-state index is 10.8. The van der Waals surface area contributed by atoms with Crippen molar-refractivity contribution in [2.75, 3.05) is 7.11 Å². The van der Waals surface area contributed by atoms with Gasteiger partial charge in [0.25, 0.3) is 5.69 Å². The molecule has 2 aromatic rings. The summed E-state index contributed by atoms with van der Waals surface area (Å²) in [5, 5.41) is 14.2. The lowest BCUT2D eigenvalue weighted by Crippen LogP contribution is -1.97. The van der Waals surface area contributed by atoms with Crippen molar-refractivity contribution < 1.29 is 14.2 Å². The third-order valence-corrected chi connectivity index (χ3v) is 2.10. The molecule has 0 radical (unpaired) electrons. The Kier molecular flexibility index (Phi) is 2.61. The van der Waals surface area contributed by atoms with E-state index in [-0.39, 0.29) is 17.1 Å². The number of aromatic amines is 1. The molecule has 2 rings (SSSR count). The fourth-order valence-corrected chi connectivity index (χ4v) is 1.34. The predicted octanol–water partition coefficient (Wildman–Crippen LogP) is 0.947. The highest BCUT2D eigenvalue weighted by atomic mass is 16.6. The zero-order valence-electron chi connectivity index (χ0n) is 8.67. The highest BCUT2D eigenvalue weighted by Crippen LogP contribution is 2.30. The summed E-state index contributed by atoms with van der Waals surface area (Å²) in [6.45, 7) is 0. The van der Waals surface area contributed by atoms with E-state index in [1.165, 1.54) is 25.3 Å². The minimum absolute atomic E-state index is 0.0133. The smallest absolute Gasteiger partial charge is 0.439 e. The van der Waals surface area contributed by atoms with Gasteiger partial charge in [-0.15, -0.1) is 0 Å². The van der Waals surface area contributed by atoms with Gasteiger partial charge in [-0.1, -0.05) is 5.16 Å². The van der Waals surface area contributed by atoms with Crippen LogP contribution in [0, 0.1) is 10.1 Å². The van der Waals surface area contributed by atoms with E-state index in [0.717, 1.165) is 0 Å². The van der Waals surface area contributed by atoms with Crippen LogP contribution in [0.4, 0.5) is 5.69 Å². The number of nitro groups is 1. The number of methoxy groups -OCH3 is 1. The van der Waals surface area contributed by atoms with Crippen LogP contribution in [0.3, 0.4) is 0 Å². The Labute approximate surface area is 94.0 Å². The first kappa shape index (κ1) is 10.9. The van der Waals surface area contributed by atoms with Gasteiger partial charge in [0.2, 0.25) is 0 Å². The second kappa shape index (κ2) is 4.08. The summed E-state index contributed by atoms with van der Waals surface area (Å²) in [7, 11) is 1.43. The molecule has 0 saturated heterocycles. The average molecular weight is 237 g/mol. The van der Waals surface area contributed by atoms with Gasteiger partial charge in [-0.3, -0.25) is 19.6 Å². The highest BCUT2D eigenvalue weighted by Gasteiger charge is 2.19. The largest absolute Gasteiger partial charge is 0.497 e. The van der Waals surface area contributed by atoms with E-state index in [1.54, 1.807) is 0 Å². The molecule has 17 heavy (non-hydrogen) atoms. The first-order valence-corrected chi connectivity index (χ1v) is 4.50. The van der Waals surface area contributed by atoms with Crippen LogP contribution in [0.1, 0.15) is 0 Å². The molecule has 0 aliphatic rings. The van der Waals surface area contributed by atoms with Crippen molar-refractivity contribution >= 4 is 5.69 Å². The minimum Gasteiger partial charge on any atom is -0.497 e. The summed E-state index contributed by atoms with van der Waals surface area (Å²) < 4.78 is 9.25. The normalized spacial score (nSPS) is 10.2. The number of rotatable bonds is 3. The molecule has 0 aliphatic heterocycles. The lowest BCUT2D eigenvalue weighted by atomic mass is 10.1. The molecule has 88 valence electrons. The van der Waals surface area contributed by atoms with Gasteiger partial charge in [-0.25, -0.2) is 4.79 Å². The summed E-state index contributed by atoms with van der Waals surface area (Å²) in [4.78, 5) is 23.3. The van der Waals surface area contributed by atoms with Crippen LogP contribution in [0.25, 0.3) is 11.4 Å². The average Bonchev–Trinajstić information content (AvgIpc) is 2.75. The Morgan fingerprint density at radius 2 is 2.29 bits per heavy atom. The van der Waals surface area contributed by atoms with Crippen LogP contribution >= 0.6 is 0 Å². The summed E-state index contributed by atoms with van der Waals surface area (Å²) in [6, 6.07) is 4.10. The van der Waals surface area contributed by atoms with Crippen molar-refractivity contribution in [3.63, 3.8) is 0 Å². The number of nitrogens with zero attached hydrogens (tertiary/aromatic N) is 2. The van der Waals surface area contributed by atoms with Crippen LogP contribution in [-0.2, 0) is 0 Å². The van der Waals surface area contributed by atoms with E-state index in [2.05, 4.69) is 14.7 Å². The molecular formula is C9H7N3O5. The Morgan fingerprint density at radius 3 is 2.82 bits per heavy atom. The number of aromatic nitrogens is 2. The lowest BCUT2D eigenvalue weighted by Gasteiger charge is -2.02. The summed E-state index contributed by atoms with van der Waals surface area (Å²) in [5.41, 5.74) is -0.0736. The Hall–Kier alpha value is -2.64. The molecule has 0 aliphatic carbocycles. The molecule has 0 spiro atoms. The Morgan fingerprint density at radius 1 is 1.53 bits per heavy atom. The molecule has 0 fully saturated rings. The van der Waals surface area contributed by atoms with Crippen molar-refractivity contribution in [2.24, 2.45) is 0 Å². The second-order valence-corrected chi connectivity index (χ2v) is 3.08. The summed E-state index contributed by atoms with van der Waals surface area (Å²) in [6.07, 6.45) is 0. The van der Waals surface area contributed by atoms with Crippen molar-refractivity contribution in [3.8, 4) is 17.1 Å². The Bertz CT molecular complexity index is 615. The van der Waals surface area contributed by atoms with Crippen molar-refractivity contribution in [1.82, 2.24) is 10.1 Å². The molecular weight excluding hydrogens is 230 g/mol. The van der Waals surface area contributed by atoms with Crippen molar-refractivity contribution in [3.05, 3.63) is 38.9 Å². The summed E-state index contributed by atoms with van der Waals surface area (Å²) in [5.74, 6) is -0.382. The van der Waals surface area contributed by atoms with Crippen LogP contribution < -0.4 is 10.5 Å². The van der Waals surface area contributed by atoms with Crippen LogP contribution in [0.5, 0.6) is 5.75 Å². The third kappa shape index (κ3) is 2.00. The molecule has 8 nitrogen and oxygen atoms in total. The molecule has 1 aromatic carbocycles. The number of hydrogen-bond acceptors (Lipinski definition) is 6. The Balaban J connectivity index is 2.64. The van der Waals surface area contributed by atoms with E-state index in [9.17, 15) is 14.9 Å². The van der Waals surface area contributed by atoms with Gasteiger partial charge in [-0.05, 0) is 12.1 Å². The van der Waals surface area contributed by atoms with Crippen molar-refractivity contribution in [2.45, 2.75) is 0 Å². The topological polar surface area (TPSA) is 111 Å². The van der Waals surface area contributed by atoms with E-state index in [0.29, 0.717) is 5.75 Å². The third-order valence-electron chi connectivity index (χ3n) is 2.10. The number of benzene rings is 1. The maximum Gasteiger partial charge on any atom is 0.439 e. The van der Waals surface area contributed by atoms with Gasteiger partial charge in [0.15, 0.2) is 5.82 Å². The van der Waals surface area contributed by atoms with E-state index in [1.807, 2.05) is 0 Å². The van der Waals surface area contributed by atoms with Gasteiger partial charge >= 0.3 is 5.76 Å². The molecule has 1 N–H and O–H groups in total. The van der Waals surface area contributed by atoms with Gasteiger partial charge in [0, 0.05) is 6.07 Å². The molecule has 1 aromatic heterocycles. The lowest BCUT2D eigenvalue weighted by molar-refractivity contribution is -0.384. The first-order chi connectivity index (χ1) is 8.11. The van der Waals surface area contributed by atoms with E-state index >= 15 is 0 Å². The van der Waals surface area contributed by atoms with Crippen LogP contribution in [0.15, 0.2) is 27.5 Å².